The van der Waals surface area contributed by atoms with E-state index in [2.05, 4.69) is 17.1 Å². The molecule has 3 aliphatic rings. The van der Waals surface area contributed by atoms with Crippen molar-refractivity contribution in [1.29, 1.82) is 0 Å². The summed E-state index contributed by atoms with van der Waals surface area (Å²) >= 11 is 0. The number of likely N-dealkylation sites (tertiary alicyclic amines) is 1. The summed E-state index contributed by atoms with van der Waals surface area (Å²) in [5.41, 5.74) is 0. The Labute approximate surface area is 104 Å². The van der Waals surface area contributed by atoms with E-state index in [9.17, 15) is 0 Å². The smallest absolute Gasteiger partial charge is 0.161 e. The van der Waals surface area contributed by atoms with Gasteiger partial charge in [-0.25, -0.2) is 0 Å². The maximum absolute atomic E-state index is 6.07. The first kappa shape index (κ1) is 11.7. The van der Waals surface area contributed by atoms with Crippen LogP contribution in [0.5, 0.6) is 0 Å². The third kappa shape index (κ3) is 2.90. The van der Waals surface area contributed by atoms with Crippen LogP contribution in [0.25, 0.3) is 0 Å². The van der Waals surface area contributed by atoms with E-state index in [-0.39, 0.29) is 6.29 Å². The molecule has 3 heteroatoms. The predicted octanol–water partition coefficient (Wildman–Crippen LogP) is 2.18. The van der Waals surface area contributed by atoms with E-state index in [0.717, 1.165) is 19.6 Å². The second-order valence-corrected chi connectivity index (χ2v) is 5.51. The van der Waals surface area contributed by atoms with Crippen molar-refractivity contribution in [3.63, 3.8) is 0 Å². The summed E-state index contributed by atoms with van der Waals surface area (Å²) in [5, 5.41) is 0. The highest BCUT2D eigenvalue weighted by Crippen LogP contribution is 2.29. The summed E-state index contributed by atoms with van der Waals surface area (Å²) in [6.07, 6.45) is 11.1. The number of nitrogens with zero attached hydrogens (tertiary/aromatic N) is 1. The Bertz CT molecular complexity index is 273. The molecular weight excluding hydrogens is 214 g/mol. The molecule has 3 rings (SSSR count). The van der Waals surface area contributed by atoms with Crippen LogP contribution in [0.2, 0.25) is 0 Å². The van der Waals surface area contributed by atoms with Crippen LogP contribution in [0.4, 0.5) is 0 Å². The molecule has 0 N–H and O–H groups in total. The summed E-state index contributed by atoms with van der Waals surface area (Å²) in [6.45, 7) is 4.35. The van der Waals surface area contributed by atoms with E-state index in [1.54, 1.807) is 0 Å². The first-order valence-electron chi connectivity index (χ1n) is 7.06. The third-order valence-corrected chi connectivity index (χ3v) is 4.13. The Morgan fingerprint density at radius 2 is 2.06 bits per heavy atom. The van der Waals surface area contributed by atoms with Crippen LogP contribution >= 0.6 is 0 Å². The molecule has 0 spiro atoms. The minimum Gasteiger partial charge on any atom is -0.350 e. The molecule has 0 unspecified atom stereocenters. The number of allylic oxidation sites excluding steroid dienone is 2. The number of rotatable bonds is 3. The van der Waals surface area contributed by atoms with Gasteiger partial charge in [0.15, 0.2) is 6.29 Å². The SMILES string of the molecule is C1=CC[C@@H]([C@H]2OC[C@H](CN3CCCC3)O2)CC1. The molecule has 0 saturated carbocycles. The normalized spacial score (nSPS) is 38.9. The highest BCUT2D eigenvalue weighted by Gasteiger charge is 2.33. The van der Waals surface area contributed by atoms with Crippen molar-refractivity contribution in [2.45, 2.75) is 44.5 Å². The molecule has 2 fully saturated rings. The van der Waals surface area contributed by atoms with Gasteiger partial charge in [-0.05, 0) is 45.2 Å². The van der Waals surface area contributed by atoms with Gasteiger partial charge in [0.05, 0.1) is 12.7 Å². The second kappa shape index (κ2) is 5.51. The molecule has 2 saturated heterocycles. The van der Waals surface area contributed by atoms with E-state index in [4.69, 9.17) is 9.47 Å². The lowest BCUT2D eigenvalue weighted by molar-refractivity contribution is -0.100. The van der Waals surface area contributed by atoms with Crippen molar-refractivity contribution >= 4 is 0 Å². The quantitative estimate of drug-likeness (QED) is 0.702. The van der Waals surface area contributed by atoms with Gasteiger partial charge in [-0.1, -0.05) is 12.2 Å². The zero-order chi connectivity index (χ0) is 11.5. The number of hydrogen-bond donors (Lipinski definition) is 0. The first-order valence-corrected chi connectivity index (χ1v) is 7.06. The highest BCUT2D eigenvalue weighted by molar-refractivity contribution is 4.92. The summed E-state index contributed by atoms with van der Waals surface area (Å²) in [4.78, 5) is 2.51. The minimum absolute atomic E-state index is 0.0625. The van der Waals surface area contributed by atoms with E-state index in [0.29, 0.717) is 12.0 Å². The molecule has 0 aromatic carbocycles. The molecule has 3 atom stereocenters. The first-order chi connectivity index (χ1) is 8.42. The van der Waals surface area contributed by atoms with Gasteiger partial charge >= 0.3 is 0 Å². The Morgan fingerprint density at radius 1 is 1.18 bits per heavy atom. The Morgan fingerprint density at radius 3 is 2.82 bits per heavy atom. The molecule has 0 bridgehead atoms. The molecular formula is C14H23NO2. The summed E-state index contributed by atoms with van der Waals surface area (Å²) in [5.74, 6) is 0.587. The van der Waals surface area contributed by atoms with Crippen LogP contribution < -0.4 is 0 Å². The van der Waals surface area contributed by atoms with Gasteiger partial charge in [-0.15, -0.1) is 0 Å². The van der Waals surface area contributed by atoms with E-state index in [1.165, 1.54) is 38.8 Å². The molecule has 17 heavy (non-hydrogen) atoms. The van der Waals surface area contributed by atoms with Crippen LogP contribution in [-0.4, -0.2) is 43.5 Å². The van der Waals surface area contributed by atoms with Crippen molar-refractivity contribution < 1.29 is 9.47 Å². The Hall–Kier alpha value is -0.380. The molecule has 0 amide bonds. The molecule has 0 radical (unpaired) electrons. The zero-order valence-electron chi connectivity index (χ0n) is 10.5. The summed E-state index contributed by atoms with van der Waals surface area (Å²) < 4.78 is 11.9. The van der Waals surface area contributed by atoms with E-state index in [1.807, 2.05) is 0 Å². The van der Waals surface area contributed by atoms with Crippen molar-refractivity contribution in [3.05, 3.63) is 12.2 Å². The fourth-order valence-electron chi connectivity index (χ4n) is 3.13. The van der Waals surface area contributed by atoms with Crippen molar-refractivity contribution in [1.82, 2.24) is 4.90 Å². The molecule has 2 aliphatic heterocycles. The standard InChI is InChI=1S/C14H23NO2/c1-2-6-12(7-3-1)14-16-11-13(17-14)10-15-8-4-5-9-15/h1-2,12-14H,3-11H2/t12-,13+,14+/m1/s1. The van der Waals surface area contributed by atoms with Crippen molar-refractivity contribution in [2.75, 3.05) is 26.2 Å². The Balaban J connectivity index is 1.46. The van der Waals surface area contributed by atoms with Gasteiger partial charge < -0.3 is 14.4 Å². The van der Waals surface area contributed by atoms with Crippen LogP contribution in [0.3, 0.4) is 0 Å². The molecule has 2 heterocycles. The van der Waals surface area contributed by atoms with Crippen LogP contribution in [0.1, 0.15) is 32.1 Å². The number of hydrogen-bond acceptors (Lipinski definition) is 3. The fraction of sp³-hybridized carbons (Fsp3) is 0.857. The van der Waals surface area contributed by atoms with Crippen LogP contribution in [-0.2, 0) is 9.47 Å². The molecule has 0 aromatic rings. The fourth-order valence-corrected chi connectivity index (χ4v) is 3.13. The van der Waals surface area contributed by atoms with Crippen LogP contribution in [0, 0.1) is 5.92 Å². The van der Waals surface area contributed by atoms with Gasteiger partial charge in [-0.3, -0.25) is 0 Å². The lowest BCUT2D eigenvalue weighted by Crippen LogP contribution is -2.32. The molecule has 0 aromatic heterocycles. The summed E-state index contributed by atoms with van der Waals surface area (Å²) in [7, 11) is 0. The topological polar surface area (TPSA) is 21.7 Å². The largest absolute Gasteiger partial charge is 0.350 e. The summed E-state index contributed by atoms with van der Waals surface area (Å²) in [6, 6.07) is 0. The van der Waals surface area contributed by atoms with Gasteiger partial charge in [0.2, 0.25) is 0 Å². The minimum atomic E-state index is 0.0625. The highest BCUT2D eigenvalue weighted by atomic mass is 16.7. The van der Waals surface area contributed by atoms with Gasteiger partial charge in [0.25, 0.3) is 0 Å². The average molecular weight is 237 g/mol. The Kier molecular flexibility index (Phi) is 3.79. The predicted molar refractivity (Wildman–Crippen MR) is 66.8 cm³/mol. The molecule has 96 valence electrons. The van der Waals surface area contributed by atoms with E-state index < -0.39 is 0 Å². The number of ether oxygens (including phenoxy) is 2. The lowest BCUT2D eigenvalue weighted by atomic mass is 9.94. The van der Waals surface area contributed by atoms with Crippen molar-refractivity contribution in [3.8, 4) is 0 Å². The average Bonchev–Trinajstić information content (AvgIpc) is 3.02. The van der Waals surface area contributed by atoms with Gasteiger partial charge in [0.1, 0.15) is 0 Å². The monoisotopic (exact) mass is 237 g/mol. The third-order valence-electron chi connectivity index (χ3n) is 4.13. The zero-order valence-corrected chi connectivity index (χ0v) is 10.5. The lowest BCUT2D eigenvalue weighted by Gasteiger charge is -2.24. The molecule has 1 aliphatic carbocycles. The maximum atomic E-state index is 6.07. The molecule has 3 nitrogen and oxygen atoms in total. The van der Waals surface area contributed by atoms with Gasteiger partial charge in [-0.2, -0.15) is 0 Å². The van der Waals surface area contributed by atoms with Gasteiger partial charge in [0, 0.05) is 12.5 Å². The second-order valence-electron chi connectivity index (χ2n) is 5.51. The maximum Gasteiger partial charge on any atom is 0.161 e. The van der Waals surface area contributed by atoms with E-state index >= 15 is 0 Å². The van der Waals surface area contributed by atoms with Crippen molar-refractivity contribution in [2.24, 2.45) is 5.92 Å². The van der Waals surface area contributed by atoms with Crippen LogP contribution in [0.15, 0.2) is 12.2 Å².